The van der Waals surface area contributed by atoms with Gasteiger partial charge in [-0.25, -0.2) is 9.59 Å². The van der Waals surface area contributed by atoms with Gasteiger partial charge in [0.2, 0.25) is 5.82 Å². The van der Waals surface area contributed by atoms with Gasteiger partial charge >= 0.3 is 11.9 Å². The minimum absolute atomic E-state index is 0.145. The number of aromatic nitrogens is 2. The van der Waals surface area contributed by atoms with Crippen molar-refractivity contribution in [2.24, 2.45) is 0 Å². The van der Waals surface area contributed by atoms with Crippen molar-refractivity contribution in [2.45, 2.75) is 6.61 Å². The molecule has 2 aromatic carbocycles. The van der Waals surface area contributed by atoms with Crippen LogP contribution in [0.4, 0.5) is 0 Å². The molecule has 0 radical (unpaired) electrons. The first-order valence-corrected chi connectivity index (χ1v) is 8.59. The molecule has 0 aliphatic rings. The number of ether oxygens (including phenoxy) is 3. The molecular weight excluding hydrogens is 376 g/mol. The highest BCUT2D eigenvalue weighted by molar-refractivity contribution is 5.90. The van der Waals surface area contributed by atoms with E-state index in [1.807, 2.05) is 0 Å². The molecule has 0 bridgehead atoms. The number of carbonyl (C=O) groups excluding carboxylic acids is 2. The summed E-state index contributed by atoms with van der Waals surface area (Å²) in [6.45, 7) is -0.145. The van der Waals surface area contributed by atoms with Crippen LogP contribution in [0.25, 0.3) is 17.5 Å². The van der Waals surface area contributed by atoms with E-state index >= 15 is 0 Å². The first kappa shape index (κ1) is 19.8. The van der Waals surface area contributed by atoms with E-state index in [1.54, 1.807) is 61.7 Å². The largest absolute Gasteiger partial charge is 0.497 e. The van der Waals surface area contributed by atoms with E-state index in [2.05, 4.69) is 14.9 Å². The van der Waals surface area contributed by atoms with Crippen molar-refractivity contribution in [1.82, 2.24) is 10.1 Å². The van der Waals surface area contributed by atoms with Gasteiger partial charge in [0.15, 0.2) is 6.61 Å². The molecule has 0 saturated heterocycles. The maximum absolute atomic E-state index is 11.9. The average molecular weight is 394 g/mol. The van der Waals surface area contributed by atoms with E-state index in [0.717, 1.165) is 16.9 Å². The molecule has 0 spiro atoms. The number of esters is 2. The molecule has 29 heavy (non-hydrogen) atoms. The van der Waals surface area contributed by atoms with Gasteiger partial charge in [-0.3, -0.25) is 0 Å². The normalized spacial score (nSPS) is 10.7. The quantitative estimate of drug-likeness (QED) is 0.444. The minimum Gasteiger partial charge on any atom is -0.497 e. The van der Waals surface area contributed by atoms with Crippen LogP contribution < -0.4 is 4.74 Å². The Balaban J connectivity index is 1.53. The van der Waals surface area contributed by atoms with Crippen LogP contribution in [0.1, 0.15) is 21.8 Å². The molecule has 1 heterocycles. The van der Waals surface area contributed by atoms with Gasteiger partial charge in [-0.1, -0.05) is 17.3 Å². The Morgan fingerprint density at radius 2 is 1.76 bits per heavy atom. The number of methoxy groups -OCH3 is 2. The van der Waals surface area contributed by atoms with Crippen LogP contribution in [-0.2, 0) is 20.9 Å². The third-order valence-corrected chi connectivity index (χ3v) is 3.90. The SMILES string of the molecule is COC(=O)c1ccc(/C=C/C(=O)OCc2nc(-c3ccc(OC)cc3)no2)cc1. The Morgan fingerprint density at radius 3 is 2.41 bits per heavy atom. The van der Waals surface area contributed by atoms with E-state index in [1.165, 1.54) is 13.2 Å². The average Bonchev–Trinajstić information content (AvgIpc) is 3.25. The predicted molar refractivity (Wildman–Crippen MR) is 103 cm³/mol. The van der Waals surface area contributed by atoms with Gasteiger partial charge in [0.25, 0.3) is 5.89 Å². The fourth-order valence-corrected chi connectivity index (χ4v) is 2.36. The van der Waals surface area contributed by atoms with Gasteiger partial charge in [-0.2, -0.15) is 4.98 Å². The molecule has 0 N–H and O–H groups in total. The van der Waals surface area contributed by atoms with Gasteiger partial charge in [-0.05, 0) is 48.0 Å². The molecule has 0 atom stereocenters. The first-order chi connectivity index (χ1) is 14.1. The topological polar surface area (TPSA) is 101 Å². The van der Waals surface area contributed by atoms with Crippen molar-refractivity contribution in [2.75, 3.05) is 14.2 Å². The molecule has 0 unspecified atom stereocenters. The van der Waals surface area contributed by atoms with Crippen molar-refractivity contribution in [1.29, 1.82) is 0 Å². The van der Waals surface area contributed by atoms with Gasteiger partial charge in [-0.15, -0.1) is 0 Å². The Labute approximate surface area is 166 Å². The van der Waals surface area contributed by atoms with Crippen LogP contribution in [0.15, 0.2) is 59.1 Å². The van der Waals surface area contributed by atoms with Crippen molar-refractivity contribution in [3.05, 3.63) is 71.6 Å². The van der Waals surface area contributed by atoms with Crippen molar-refractivity contribution >= 4 is 18.0 Å². The molecule has 3 aromatic rings. The zero-order chi connectivity index (χ0) is 20.6. The summed E-state index contributed by atoms with van der Waals surface area (Å²) in [6, 6.07) is 13.8. The molecule has 0 aliphatic heterocycles. The Bertz CT molecular complexity index is 1010. The Morgan fingerprint density at radius 1 is 1.03 bits per heavy atom. The van der Waals surface area contributed by atoms with E-state index in [0.29, 0.717) is 11.4 Å². The molecule has 0 amide bonds. The number of rotatable bonds is 7. The third kappa shape index (κ3) is 5.29. The van der Waals surface area contributed by atoms with E-state index in [4.69, 9.17) is 14.0 Å². The zero-order valence-corrected chi connectivity index (χ0v) is 15.8. The molecular formula is C21H18N2O6. The summed E-state index contributed by atoms with van der Waals surface area (Å²) in [7, 11) is 2.90. The van der Waals surface area contributed by atoms with Crippen LogP contribution in [0.3, 0.4) is 0 Å². The molecule has 1 aromatic heterocycles. The third-order valence-electron chi connectivity index (χ3n) is 3.90. The molecule has 3 rings (SSSR count). The van der Waals surface area contributed by atoms with Crippen LogP contribution in [0.5, 0.6) is 5.75 Å². The van der Waals surface area contributed by atoms with Crippen molar-refractivity contribution in [3.63, 3.8) is 0 Å². The van der Waals surface area contributed by atoms with Crippen LogP contribution in [0, 0.1) is 0 Å². The minimum atomic E-state index is -0.564. The summed E-state index contributed by atoms with van der Waals surface area (Å²) in [5.41, 5.74) is 1.91. The predicted octanol–water partition coefficient (Wildman–Crippen LogP) is 3.29. The van der Waals surface area contributed by atoms with E-state index in [9.17, 15) is 9.59 Å². The number of benzene rings is 2. The molecule has 8 nitrogen and oxygen atoms in total. The monoisotopic (exact) mass is 394 g/mol. The summed E-state index contributed by atoms with van der Waals surface area (Å²) in [6.07, 6.45) is 2.84. The summed E-state index contributed by atoms with van der Waals surface area (Å²) in [4.78, 5) is 27.5. The lowest BCUT2D eigenvalue weighted by atomic mass is 10.1. The summed E-state index contributed by atoms with van der Waals surface area (Å²) in [5, 5.41) is 3.87. The Hall–Kier alpha value is -3.94. The second-order valence-corrected chi connectivity index (χ2v) is 5.79. The number of hydrogen-bond donors (Lipinski definition) is 0. The molecule has 148 valence electrons. The highest BCUT2D eigenvalue weighted by Crippen LogP contribution is 2.19. The standard InChI is InChI=1S/C21H18N2O6/c1-26-17-10-8-15(9-11-17)20-22-18(29-23-20)13-28-19(24)12-5-14-3-6-16(7-4-14)21(25)27-2/h3-12H,13H2,1-2H3/b12-5+. The lowest BCUT2D eigenvalue weighted by Gasteiger charge is -2.00. The van der Waals surface area contributed by atoms with Crippen LogP contribution in [0.2, 0.25) is 0 Å². The maximum Gasteiger partial charge on any atom is 0.337 e. The fraction of sp³-hybridized carbons (Fsp3) is 0.143. The van der Waals surface area contributed by atoms with Crippen molar-refractivity contribution in [3.8, 4) is 17.1 Å². The summed E-state index contributed by atoms with van der Waals surface area (Å²) >= 11 is 0. The first-order valence-electron chi connectivity index (χ1n) is 8.59. The van der Waals surface area contributed by atoms with Gasteiger partial charge in [0, 0.05) is 11.6 Å². The molecule has 0 fully saturated rings. The van der Waals surface area contributed by atoms with Crippen LogP contribution >= 0.6 is 0 Å². The molecule has 0 aliphatic carbocycles. The highest BCUT2D eigenvalue weighted by Gasteiger charge is 2.10. The summed E-state index contributed by atoms with van der Waals surface area (Å²) < 4.78 is 19.9. The highest BCUT2D eigenvalue weighted by atomic mass is 16.6. The van der Waals surface area contributed by atoms with Crippen LogP contribution in [-0.4, -0.2) is 36.3 Å². The van der Waals surface area contributed by atoms with Gasteiger partial charge < -0.3 is 18.7 Å². The zero-order valence-electron chi connectivity index (χ0n) is 15.8. The fourth-order valence-electron chi connectivity index (χ4n) is 2.36. The van der Waals surface area contributed by atoms with Gasteiger partial charge in [0.1, 0.15) is 5.75 Å². The van der Waals surface area contributed by atoms with E-state index in [-0.39, 0.29) is 12.5 Å². The smallest absolute Gasteiger partial charge is 0.337 e. The Kier molecular flexibility index (Phi) is 6.36. The lowest BCUT2D eigenvalue weighted by Crippen LogP contribution is -2.01. The lowest BCUT2D eigenvalue weighted by molar-refractivity contribution is -0.139. The number of hydrogen-bond acceptors (Lipinski definition) is 8. The second-order valence-electron chi connectivity index (χ2n) is 5.79. The number of carbonyl (C=O) groups is 2. The van der Waals surface area contributed by atoms with E-state index < -0.39 is 11.9 Å². The van der Waals surface area contributed by atoms with Crippen molar-refractivity contribution < 1.29 is 28.3 Å². The summed E-state index contributed by atoms with van der Waals surface area (Å²) in [5.74, 6) is 0.304. The number of nitrogens with zero attached hydrogens (tertiary/aromatic N) is 2. The second kappa shape index (κ2) is 9.32. The maximum atomic E-state index is 11.9. The van der Waals surface area contributed by atoms with Gasteiger partial charge in [0.05, 0.1) is 19.8 Å². The molecule has 0 saturated carbocycles. The molecule has 8 heteroatoms.